The molecule has 3 N–H and O–H groups in total. The van der Waals surface area contributed by atoms with Crippen LogP contribution >= 0.6 is 11.6 Å². The molecule has 0 saturated carbocycles. The topological polar surface area (TPSA) is 87.7 Å². The largest absolute Gasteiger partial charge is 0.481 e. The summed E-state index contributed by atoms with van der Waals surface area (Å²) in [5.74, 6) is -2.47. The second kappa shape index (κ2) is 9.99. The number of carbonyl (C=O) groups is 2. The van der Waals surface area contributed by atoms with E-state index < -0.39 is 42.0 Å². The van der Waals surface area contributed by atoms with Crippen LogP contribution in [0.1, 0.15) is 40.8 Å². The smallest absolute Gasteiger partial charge is 0.305 e. The van der Waals surface area contributed by atoms with E-state index in [0.717, 1.165) is 0 Å². The molecule has 4 bridgehead atoms. The van der Waals surface area contributed by atoms with Gasteiger partial charge in [0, 0.05) is 16.1 Å². The van der Waals surface area contributed by atoms with E-state index in [-0.39, 0.29) is 33.2 Å². The number of carboxylic acid groups (broad SMARTS) is 1. The summed E-state index contributed by atoms with van der Waals surface area (Å²) < 4.78 is 36.2. The minimum Gasteiger partial charge on any atom is -0.481 e. The number of hydrogen-bond donors (Lipinski definition) is 3. The van der Waals surface area contributed by atoms with Crippen molar-refractivity contribution in [3.8, 4) is 22.6 Å². The van der Waals surface area contributed by atoms with Gasteiger partial charge in [-0.1, -0.05) is 18.2 Å². The van der Waals surface area contributed by atoms with Crippen molar-refractivity contribution in [2.75, 3.05) is 0 Å². The Hall–Kier alpha value is -3.91. The van der Waals surface area contributed by atoms with Gasteiger partial charge in [-0.2, -0.15) is 0 Å². The van der Waals surface area contributed by atoms with Crippen LogP contribution in [0, 0.1) is 25.5 Å². The molecule has 0 aromatic heterocycles. The van der Waals surface area contributed by atoms with E-state index in [1.165, 1.54) is 37.4 Å². The van der Waals surface area contributed by atoms with Gasteiger partial charge >= 0.3 is 5.97 Å². The van der Waals surface area contributed by atoms with Crippen LogP contribution in [-0.2, 0) is 9.59 Å². The van der Waals surface area contributed by atoms with Gasteiger partial charge in [0.1, 0.15) is 29.2 Å². The number of nitrogens with one attached hydrogen (secondary N) is 2. The lowest BCUT2D eigenvalue weighted by Crippen LogP contribution is -2.39. The fraction of sp³-hybridized carbons (Fsp3) is 0.185. The molecular weight excluding hydrogens is 490 g/mol. The molecule has 1 amide bonds. The Morgan fingerprint density at radius 3 is 2.67 bits per heavy atom. The third-order valence-electron chi connectivity index (χ3n) is 6.00. The zero-order valence-electron chi connectivity index (χ0n) is 19.5. The second-order valence-corrected chi connectivity index (χ2v) is 8.96. The highest BCUT2D eigenvalue weighted by molar-refractivity contribution is 6.30. The van der Waals surface area contributed by atoms with Gasteiger partial charge in [0.15, 0.2) is 0 Å². The minimum absolute atomic E-state index is 0.0447. The maximum atomic E-state index is 15.4. The highest BCUT2D eigenvalue weighted by Crippen LogP contribution is 2.41. The van der Waals surface area contributed by atoms with Gasteiger partial charge in [-0.15, -0.1) is 0 Å². The summed E-state index contributed by atoms with van der Waals surface area (Å²) in [5.41, 5.74) is 1.57. The Bertz CT molecular complexity index is 1390. The first-order valence-electron chi connectivity index (χ1n) is 11.1. The average Bonchev–Trinajstić information content (AvgIpc) is 2.80. The van der Waals surface area contributed by atoms with Crippen molar-refractivity contribution in [2.24, 2.45) is 0 Å². The molecule has 0 unspecified atom stereocenters. The molecule has 0 saturated heterocycles. The minimum atomic E-state index is -1.24. The van der Waals surface area contributed by atoms with E-state index in [9.17, 15) is 19.1 Å². The number of aryl methyl sites for hydroxylation is 1. The Morgan fingerprint density at radius 1 is 1.22 bits per heavy atom. The summed E-state index contributed by atoms with van der Waals surface area (Å²) in [6.07, 6.45) is 0.724. The molecule has 6 nitrogen and oxygen atoms in total. The van der Waals surface area contributed by atoms with Crippen LogP contribution in [0.4, 0.5) is 8.78 Å². The number of carboxylic acids is 1. The molecular formula is C27H23ClF2N2O4. The van der Waals surface area contributed by atoms with E-state index in [2.05, 4.69) is 17.2 Å². The average molecular weight is 513 g/mol. The molecule has 2 atom stereocenters. The molecule has 36 heavy (non-hydrogen) atoms. The molecule has 186 valence electrons. The van der Waals surface area contributed by atoms with Crippen molar-refractivity contribution in [3.05, 3.63) is 94.2 Å². The fourth-order valence-electron chi connectivity index (χ4n) is 4.35. The maximum Gasteiger partial charge on any atom is 0.305 e. The molecule has 0 radical (unpaired) electrons. The lowest BCUT2D eigenvalue weighted by molar-refractivity contribution is -0.137. The number of halogens is 3. The normalized spacial score (nSPS) is 16.9. The van der Waals surface area contributed by atoms with Gasteiger partial charge in [-0.05, 0) is 84.8 Å². The number of benzene rings is 3. The van der Waals surface area contributed by atoms with Gasteiger partial charge in [0.2, 0.25) is 5.91 Å². The molecule has 1 aliphatic heterocycles. The molecule has 4 rings (SSSR count). The lowest BCUT2D eigenvalue weighted by Gasteiger charge is -2.24. The molecule has 0 aliphatic carbocycles. The number of fused-ring (bicyclic) bond motifs is 6. The number of carbonyl (C=O) groups excluding carboxylic acids is 1. The summed E-state index contributed by atoms with van der Waals surface area (Å²) in [4.78, 5) is 25.0. The van der Waals surface area contributed by atoms with Gasteiger partial charge < -0.3 is 20.5 Å². The lowest BCUT2D eigenvalue weighted by atomic mass is 9.92. The van der Waals surface area contributed by atoms with E-state index in [1.807, 2.05) is 0 Å². The third-order valence-corrected chi connectivity index (χ3v) is 6.22. The number of ether oxygens (including phenoxy) is 1. The summed E-state index contributed by atoms with van der Waals surface area (Å²) >= 11 is 6.33. The van der Waals surface area contributed by atoms with Crippen molar-refractivity contribution < 1.29 is 28.2 Å². The van der Waals surface area contributed by atoms with Gasteiger partial charge in [-0.3, -0.25) is 9.59 Å². The molecule has 9 heteroatoms. The summed E-state index contributed by atoms with van der Waals surface area (Å²) in [7, 11) is 0. The predicted octanol–water partition coefficient (Wildman–Crippen LogP) is 6.11. The van der Waals surface area contributed by atoms with Gasteiger partial charge in [-0.25, -0.2) is 8.78 Å². The molecule has 1 aliphatic rings. The van der Waals surface area contributed by atoms with Crippen LogP contribution in [0.3, 0.4) is 0 Å². The maximum absolute atomic E-state index is 15.4. The molecule has 0 spiro atoms. The number of hydrogen-bond acceptors (Lipinski definition) is 4. The summed E-state index contributed by atoms with van der Waals surface area (Å²) in [5, 5.41) is 15.3. The van der Waals surface area contributed by atoms with Crippen molar-refractivity contribution in [1.82, 2.24) is 10.6 Å². The van der Waals surface area contributed by atoms with E-state index in [1.54, 1.807) is 25.1 Å². The van der Waals surface area contributed by atoms with Crippen LogP contribution in [0.5, 0.6) is 11.5 Å². The fourth-order valence-corrected chi connectivity index (χ4v) is 4.58. The first-order valence-corrected chi connectivity index (χ1v) is 11.4. The SMILES string of the molecule is C=CN[C@@H]1C(=O)N[C@@H](CC(=O)O)c2cc(cc(C)c2F)-c2c(ccc(F)c2C)Oc2cc(Cl)cc1c2. The molecule has 3 aromatic rings. The van der Waals surface area contributed by atoms with Gasteiger partial charge in [0.25, 0.3) is 0 Å². The van der Waals surface area contributed by atoms with Crippen molar-refractivity contribution in [2.45, 2.75) is 32.4 Å². The summed E-state index contributed by atoms with van der Waals surface area (Å²) in [6, 6.07) is 8.07. The Kier molecular flexibility index (Phi) is 6.99. The van der Waals surface area contributed by atoms with E-state index in [0.29, 0.717) is 16.7 Å². The quantitative estimate of drug-likeness (QED) is 0.392. The van der Waals surface area contributed by atoms with Crippen molar-refractivity contribution in [3.63, 3.8) is 0 Å². The monoisotopic (exact) mass is 512 g/mol. The van der Waals surface area contributed by atoms with Crippen molar-refractivity contribution >= 4 is 23.5 Å². The molecule has 1 heterocycles. The van der Waals surface area contributed by atoms with E-state index >= 15 is 4.39 Å². The molecule has 0 fully saturated rings. The zero-order chi connectivity index (χ0) is 26.1. The number of rotatable bonds is 4. The summed E-state index contributed by atoms with van der Waals surface area (Å²) in [6.45, 7) is 6.69. The second-order valence-electron chi connectivity index (χ2n) is 8.53. The van der Waals surface area contributed by atoms with Crippen LogP contribution in [0.15, 0.2) is 55.2 Å². The standard InChI is InChI=1S/C27H23ClF2N2O4/c1-4-31-26-16-8-17(28)11-18(9-16)36-22-6-5-20(29)14(3)24(22)15-7-13(2)25(30)19(10-15)21(12-23(33)34)32-27(26)35/h4-11,21,26,31H,1,12H2,2-3H3,(H,32,35)(H,33,34)/t21-,26-/m0/s1. The van der Waals surface area contributed by atoms with E-state index in [4.69, 9.17) is 16.3 Å². The Morgan fingerprint density at radius 2 is 1.97 bits per heavy atom. The number of amides is 1. The zero-order valence-corrected chi connectivity index (χ0v) is 20.2. The highest BCUT2D eigenvalue weighted by Gasteiger charge is 2.29. The van der Waals surface area contributed by atoms with Crippen molar-refractivity contribution in [1.29, 1.82) is 0 Å². The Labute approximate surface area is 211 Å². The van der Waals surface area contributed by atoms with Crippen LogP contribution < -0.4 is 15.4 Å². The predicted molar refractivity (Wildman–Crippen MR) is 132 cm³/mol. The van der Waals surface area contributed by atoms with Crippen LogP contribution in [0.2, 0.25) is 5.02 Å². The Balaban J connectivity index is 2.05. The molecule has 3 aromatic carbocycles. The third kappa shape index (κ3) is 4.90. The number of aliphatic carboxylic acids is 1. The van der Waals surface area contributed by atoms with Crippen LogP contribution in [-0.4, -0.2) is 17.0 Å². The first-order chi connectivity index (χ1) is 17.1. The van der Waals surface area contributed by atoms with Gasteiger partial charge in [0.05, 0.1) is 12.5 Å². The van der Waals surface area contributed by atoms with Crippen LogP contribution in [0.25, 0.3) is 11.1 Å². The highest BCUT2D eigenvalue weighted by atomic mass is 35.5. The first kappa shape index (κ1) is 25.2.